The fourth-order valence-corrected chi connectivity index (χ4v) is 4.49. The molecule has 1 saturated heterocycles. The average Bonchev–Trinajstić information content (AvgIpc) is 3.15. The van der Waals surface area contributed by atoms with Crippen molar-refractivity contribution in [3.05, 3.63) is 65.2 Å². The van der Waals surface area contributed by atoms with Crippen molar-refractivity contribution in [2.24, 2.45) is 0 Å². The number of thiazole rings is 1. The first kappa shape index (κ1) is 18.1. The van der Waals surface area contributed by atoms with Gasteiger partial charge in [-0.3, -0.25) is 4.79 Å². The maximum atomic E-state index is 12.6. The van der Waals surface area contributed by atoms with Gasteiger partial charge in [0, 0.05) is 13.0 Å². The fraction of sp³-hybridized carbons (Fsp3) is 0.364. The molecule has 1 fully saturated rings. The van der Waals surface area contributed by atoms with Gasteiger partial charge in [-0.15, -0.1) is 11.3 Å². The number of hydrogen-bond acceptors (Lipinski definition) is 4. The summed E-state index contributed by atoms with van der Waals surface area (Å²) in [7, 11) is 0. The van der Waals surface area contributed by atoms with Crippen LogP contribution in [0.2, 0.25) is 0 Å². The van der Waals surface area contributed by atoms with Crippen LogP contribution < -0.4 is 0 Å². The maximum Gasteiger partial charge on any atom is 0.222 e. The molecule has 0 bridgehead atoms. The van der Waals surface area contributed by atoms with E-state index in [2.05, 4.69) is 29.2 Å². The van der Waals surface area contributed by atoms with Gasteiger partial charge in [0.2, 0.25) is 5.91 Å². The van der Waals surface area contributed by atoms with E-state index >= 15 is 0 Å². The van der Waals surface area contributed by atoms with Gasteiger partial charge in [0.15, 0.2) is 0 Å². The second kappa shape index (κ2) is 8.63. The molecule has 0 unspecified atom stereocenters. The van der Waals surface area contributed by atoms with Crippen molar-refractivity contribution in [3.63, 3.8) is 0 Å². The smallest absolute Gasteiger partial charge is 0.222 e. The van der Waals surface area contributed by atoms with Crippen molar-refractivity contribution in [2.45, 2.75) is 31.8 Å². The number of rotatable bonds is 6. The number of carbonyl (C=O) groups is 1. The molecule has 140 valence electrons. The molecule has 1 aromatic heterocycles. The number of nitrogens with zero attached hydrogens (tertiary/aromatic N) is 2. The third kappa shape index (κ3) is 4.54. The van der Waals surface area contributed by atoms with Gasteiger partial charge >= 0.3 is 0 Å². The molecular weight excluding hydrogens is 356 g/mol. The summed E-state index contributed by atoms with van der Waals surface area (Å²) in [6, 6.07) is 18.4. The highest BCUT2D eigenvalue weighted by Crippen LogP contribution is 2.24. The third-order valence-corrected chi connectivity index (χ3v) is 6.06. The molecule has 1 aliphatic heterocycles. The zero-order chi connectivity index (χ0) is 18.5. The summed E-state index contributed by atoms with van der Waals surface area (Å²) in [6.45, 7) is 1.96. The Morgan fingerprint density at radius 1 is 1.11 bits per heavy atom. The summed E-state index contributed by atoms with van der Waals surface area (Å²) in [6.07, 6.45) is 3.45. The van der Waals surface area contributed by atoms with Crippen LogP contribution in [0.25, 0.3) is 10.2 Å². The van der Waals surface area contributed by atoms with Gasteiger partial charge < -0.3 is 9.64 Å². The Bertz CT molecular complexity index is 860. The normalized spacial score (nSPS) is 17.3. The van der Waals surface area contributed by atoms with Crippen LogP contribution in [0.1, 0.15) is 35.9 Å². The molecule has 1 aliphatic rings. The predicted octanol–water partition coefficient (Wildman–Crippen LogP) is 4.61. The van der Waals surface area contributed by atoms with E-state index in [1.54, 1.807) is 11.3 Å². The first-order valence-corrected chi connectivity index (χ1v) is 10.4. The zero-order valence-electron chi connectivity index (χ0n) is 15.3. The van der Waals surface area contributed by atoms with E-state index < -0.39 is 0 Å². The van der Waals surface area contributed by atoms with Crippen LogP contribution in [0, 0.1) is 0 Å². The molecule has 0 saturated carbocycles. The van der Waals surface area contributed by atoms with E-state index in [1.165, 1.54) is 9.71 Å². The van der Waals surface area contributed by atoms with E-state index in [0.717, 1.165) is 30.3 Å². The summed E-state index contributed by atoms with van der Waals surface area (Å²) in [5.41, 5.74) is 2.22. The van der Waals surface area contributed by atoms with Crippen molar-refractivity contribution in [1.29, 1.82) is 0 Å². The van der Waals surface area contributed by atoms with Gasteiger partial charge in [0.25, 0.3) is 0 Å². The number of unbranched alkanes of at least 4 members (excludes halogenated alkanes) is 1. The molecule has 1 amide bonds. The van der Waals surface area contributed by atoms with Crippen molar-refractivity contribution in [2.75, 3.05) is 19.7 Å². The van der Waals surface area contributed by atoms with Gasteiger partial charge in [0.1, 0.15) is 6.10 Å². The van der Waals surface area contributed by atoms with Crippen LogP contribution in [0.4, 0.5) is 0 Å². The van der Waals surface area contributed by atoms with Crippen LogP contribution in [0.5, 0.6) is 0 Å². The van der Waals surface area contributed by atoms with Crippen LogP contribution >= 0.6 is 11.3 Å². The van der Waals surface area contributed by atoms with Crippen molar-refractivity contribution in [1.82, 2.24) is 9.88 Å². The molecule has 5 heteroatoms. The fourth-order valence-electron chi connectivity index (χ4n) is 3.48. The molecule has 2 aromatic carbocycles. The number of aromatic nitrogens is 1. The molecule has 1 atom stereocenters. The Labute approximate surface area is 163 Å². The molecule has 0 spiro atoms. The maximum absolute atomic E-state index is 12.6. The van der Waals surface area contributed by atoms with Crippen molar-refractivity contribution in [3.8, 4) is 0 Å². The number of benzene rings is 2. The molecule has 0 N–H and O–H groups in total. The molecule has 0 radical (unpaired) electrons. The molecule has 4 nitrogen and oxygen atoms in total. The van der Waals surface area contributed by atoms with Gasteiger partial charge in [0.05, 0.1) is 28.4 Å². The number of carbonyl (C=O) groups excluding carboxylic acids is 1. The van der Waals surface area contributed by atoms with Crippen molar-refractivity contribution < 1.29 is 9.53 Å². The lowest BCUT2D eigenvalue weighted by Gasteiger charge is -2.33. The van der Waals surface area contributed by atoms with Gasteiger partial charge in [-0.2, -0.15) is 0 Å². The molecule has 27 heavy (non-hydrogen) atoms. The number of fused-ring (bicyclic) bond motifs is 1. The predicted molar refractivity (Wildman–Crippen MR) is 109 cm³/mol. The SMILES string of the molecule is O=C(CCCCc1nc2ccccc2s1)N1CCO[C@@H](c2ccccc2)C1. The monoisotopic (exact) mass is 380 g/mol. The summed E-state index contributed by atoms with van der Waals surface area (Å²) in [4.78, 5) is 19.2. The Kier molecular flexibility index (Phi) is 5.80. The highest BCUT2D eigenvalue weighted by Gasteiger charge is 2.24. The summed E-state index contributed by atoms with van der Waals surface area (Å²) in [5.74, 6) is 0.239. The molecular formula is C22H24N2O2S. The van der Waals surface area contributed by atoms with Crippen LogP contribution in [0.15, 0.2) is 54.6 Å². The van der Waals surface area contributed by atoms with Gasteiger partial charge in [-0.1, -0.05) is 42.5 Å². The molecule has 4 rings (SSSR count). The zero-order valence-corrected chi connectivity index (χ0v) is 16.2. The van der Waals surface area contributed by atoms with E-state index in [-0.39, 0.29) is 12.0 Å². The number of para-hydroxylation sites is 1. The summed E-state index contributed by atoms with van der Waals surface area (Å²) < 4.78 is 7.10. The van der Waals surface area contributed by atoms with Crippen LogP contribution in [-0.4, -0.2) is 35.5 Å². The summed E-state index contributed by atoms with van der Waals surface area (Å²) >= 11 is 1.76. The largest absolute Gasteiger partial charge is 0.370 e. The minimum absolute atomic E-state index is 0.00773. The number of ether oxygens (including phenoxy) is 1. The molecule has 2 heterocycles. The standard InChI is InChI=1S/C22H24N2O2S/c25-22(24-14-15-26-19(16-24)17-8-2-1-3-9-17)13-7-6-12-21-23-18-10-4-5-11-20(18)27-21/h1-5,8-11,19H,6-7,12-16H2/t19-/m1/s1. The van der Waals surface area contributed by atoms with Crippen LogP contribution in [0.3, 0.4) is 0 Å². The highest BCUT2D eigenvalue weighted by molar-refractivity contribution is 7.18. The Morgan fingerprint density at radius 2 is 1.93 bits per heavy atom. The number of morpholine rings is 1. The Hall–Kier alpha value is -2.24. The van der Waals surface area contributed by atoms with E-state index in [1.807, 2.05) is 35.2 Å². The van der Waals surface area contributed by atoms with Gasteiger partial charge in [-0.05, 0) is 37.0 Å². The lowest BCUT2D eigenvalue weighted by molar-refractivity contribution is -0.139. The molecule has 3 aromatic rings. The first-order chi connectivity index (χ1) is 13.3. The van der Waals surface area contributed by atoms with E-state index in [9.17, 15) is 4.79 Å². The second-order valence-electron chi connectivity index (χ2n) is 6.89. The topological polar surface area (TPSA) is 42.4 Å². The summed E-state index contributed by atoms with van der Waals surface area (Å²) in [5, 5.41) is 1.17. The Balaban J connectivity index is 1.24. The van der Waals surface area contributed by atoms with E-state index in [0.29, 0.717) is 26.1 Å². The van der Waals surface area contributed by atoms with Crippen molar-refractivity contribution >= 4 is 27.5 Å². The lowest BCUT2D eigenvalue weighted by Crippen LogP contribution is -2.42. The van der Waals surface area contributed by atoms with Gasteiger partial charge in [-0.25, -0.2) is 4.98 Å². The highest BCUT2D eigenvalue weighted by atomic mass is 32.1. The van der Waals surface area contributed by atoms with E-state index in [4.69, 9.17) is 4.74 Å². The number of aryl methyl sites for hydroxylation is 1. The number of hydrogen-bond donors (Lipinski definition) is 0. The number of amides is 1. The Morgan fingerprint density at radius 3 is 2.78 bits per heavy atom. The third-order valence-electron chi connectivity index (χ3n) is 4.96. The molecule has 0 aliphatic carbocycles. The van der Waals surface area contributed by atoms with Crippen LogP contribution in [-0.2, 0) is 16.0 Å². The minimum atomic E-state index is -0.00773. The first-order valence-electron chi connectivity index (χ1n) is 9.58. The lowest BCUT2D eigenvalue weighted by atomic mass is 10.1. The minimum Gasteiger partial charge on any atom is -0.370 e. The average molecular weight is 381 g/mol. The quantitative estimate of drug-likeness (QED) is 0.587. The second-order valence-corrected chi connectivity index (χ2v) is 8.01.